The van der Waals surface area contributed by atoms with Crippen LogP contribution in [0.3, 0.4) is 0 Å². The summed E-state index contributed by atoms with van der Waals surface area (Å²) in [5.41, 5.74) is 6.98. The van der Waals surface area contributed by atoms with Gasteiger partial charge in [-0.15, -0.1) is 0 Å². The largest absolute Gasteiger partial charge is 0.369 e. The van der Waals surface area contributed by atoms with E-state index >= 15 is 0 Å². The Balaban J connectivity index is 1.06. The molecule has 1 amide bonds. The lowest BCUT2D eigenvalue weighted by Gasteiger charge is -2.37. The first-order valence-electron chi connectivity index (χ1n) is 13.9. The van der Waals surface area contributed by atoms with E-state index in [1.807, 2.05) is 29.2 Å². The highest BCUT2D eigenvalue weighted by Gasteiger charge is 2.29. The Bertz CT molecular complexity index is 1360. The lowest BCUT2D eigenvalue weighted by molar-refractivity contribution is 0.0766. The van der Waals surface area contributed by atoms with Crippen molar-refractivity contribution in [2.24, 2.45) is 0 Å². The normalized spacial score (nSPS) is 15.7. The molecule has 0 aromatic heterocycles. The summed E-state index contributed by atoms with van der Waals surface area (Å²) in [5, 5.41) is 0.715. The molecule has 4 aromatic rings. The minimum atomic E-state index is 0.119. The lowest BCUT2D eigenvalue weighted by atomic mass is 9.88. The number of halogens is 1. The van der Waals surface area contributed by atoms with Crippen molar-refractivity contribution in [3.63, 3.8) is 0 Å². The Morgan fingerprint density at radius 1 is 0.744 bits per heavy atom. The molecular formula is C34H34ClN3O. The molecule has 198 valence electrons. The first kappa shape index (κ1) is 25.7. The second kappa shape index (κ2) is 11.6. The molecule has 0 unspecified atom stereocenters. The third kappa shape index (κ3) is 5.88. The number of carbonyl (C=O) groups excluding carboxylic acids is 1. The second-order valence-electron chi connectivity index (χ2n) is 10.6. The van der Waals surface area contributed by atoms with Crippen molar-refractivity contribution >= 4 is 23.2 Å². The molecule has 0 N–H and O–H groups in total. The maximum Gasteiger partial charge on any atom is 0.254 e. The average Bonchev–Trinajstić information content (AvgIpc) is 3.30. The molecule has 0 saturated carbocycles. The van der Waals surface area contributed by atoms with Gasteiger partial charge in [0, 0.05) is 61.5 Å². The summed E-state index contributed by atoms with van der Waals surface area (Å²) in [6.07, 6.45) is 1.10. The third-order valence-electron chi connectivity index (χ3n) is 8.13. The van der Waals surface area contributed by atoms with Crippen molar-refractivity contribution in [2.45, 2.75) is 25.4 Å². The van der Waals surface area contributed by atoms with Crippen molar-refractivity contribution < 1.29 is 4.79 Å². The van der Waals surface area contributed by atoms with E-state index in [2.05, 4.69) is 88.7 Å². The number of hydrogen-bond acceptors (Lipinski definition) is 3. The molecule has 0 aliphatic carbocycles. The first-order chi connectivity index (χ1) is 19.1. The maximum atomic E-state index is 13.2. The predicted molar refractivity (Wildman–Crippen MR) is 159 cm³/mol. The van der Waals surface area contributed by atoms with Gasteiger partial charge in [-0.2, -0.15) is 0 Å². The zero-order chi connectivity index (χ0) is 26.6. The summed E-state index contributed by atoms with van der Waals surface area (Å²) in [4.78, 5) is 20.1. The molecule has 0 radical (unpaired) electrons. The summed E-state index contributed by atoms with van der Waals surface area (Å²) in [6, 6.07) is 35.9. The zero-order valence-corrected chi connectivity index (χ0v) is 22.9. The number of carbonyl (C=O) groups is 1. The standard InChI is InChI=1S/C34H34ClN3O/c35-30-14-11-26(12-15-30)24-38-25-29-13-16-31(23-33(29)34(38)39)37-21-19-36(20-22-37)18-17-32(27-7-3-1-4-8-27)28-9-5-2-6-10-28/h1-16,23,32H,17-22,24-25H2. The van der Waals surface area contributed by atoms with Crippen molar-refractivity contribution in [1.82, 2.24) is 9.80 Å². The van der Waals surface area contributed by atoms with Gasteiger partial charge in [0.2, 0.25) is 0 Å². The highest BCUT2D eigenvalue weighted by molar-refractivity contribution is 6.30. The number of anilines is 1. The topological polar surface area (TPSA) is 26.8 Å². The van der Waals surface area contributed by atoms with Crippen molar-refractivity contribution in [3.05, 3.63) is 136 Å². The fourth-order valence-corrected chi connectivity index (χ4v) is 6.05. The summed E-state index contributed by atoms with van der Waals surface area (Å²) >= 11 is 6.02. The number of fused-ring (bicyclic) bond motifs is 1. The van der Waals surface area contributed by atoms with Crippen LogP contribution in [0.15, 0.2) is 103 Å². The first-order valence-corrected chi connectivity index (χ1v) is 14.3. The number of piperazine rings is 1. The van der Waals surface area contributed by atoms with Crippen LogP contribution < -0.4 is 4.90 Å². The van der Waals surface area contributed by atoms with E-state index in [1.54, 1.807) is 0 Å². The smallest absolute Gasteiger partial charge is 0.254 e. The molecule has 4 nitrogen and oxygen atoms in total. The molecule has 1 saturated heterocycles. The molecule has 0 spiro atoms. The lowest BCUT2D eigenvalue weighted by Crippen LogP contribution is -2.46. The van der Waals surface area contributed by atoms with Crippen LogP contribution in [-0.2, 0) is 13.1 Å². The van der Waals surface area contributed by atoms with E-state index in [9.17, 15) is 4.79 Å². The summed E-state index contributed by atoms with van der Waals surface area (Å²) in [6.45, 7) is 6.35. The fourth-order valence-electron chi connectivity index (χ4n) is 5.92. The van der Waals surface area contributed by atoms with Crippen LogP contribution in [0.4, 0.5) is 5.69 Å². The Labute approximate surface area is 236 Å². The monoisotopic (exact) mass is 535 g/mol. The van der Waals surface area contributed by atoms with Gasteiger partial charge in [0.25, 0.3) is 5.91 Å². The molecule has 2 heterocycles. The summed E-state index contributed by atoms with van der Waals surface area (Å²) in [7, 11) is 0. The molecule has 6 rings (SSSR count). The van der Waals surface area contributed by atoms with E-state index in [1.165, 1.54) is 11.1 Å². The van der Waals surface area contributed by atoms with Crippen LogP contribution in [0.1, 0.15) is 45.0 Å². The minimum Gasteiger partial charge on any atom is -0.369 e. The maximum absolute atomic E-state index is 13.2. The quantitative estimate of drug-likeness (QED) is 0.247. The zero-order valence-electron chi connectivity index (χ0n) is 22.2. The third-order valence-corrected chi connectivity index (χ3v) is 8.39. The highest BCUT2D eigenvalue weighted by atomic mass is 35.5. The molecule has 2 aliphatic rings. The van der Waals surface area contributed by atoms with Gasteiger partial charge in [-0.1, -0.05) is 90.5 Å². The Hall–Kier alpha value is -3.60. The molecule has 39 heavy (non-hydrogen) atoms. The molecule has 2 aliphatic heterocycles. The summed E-state index contributed by atoms with van der Waals surface area (Å²) < 4.78 is 0. The van der Waals surface area contributed by atoms with Crippen molar-refractivity contribution in [2.75, 3.05) is 37.6 Å². The Morgan fingerprint density at radius 2 is 1.38 bits per heavy atom. The van der Waals surface area contributed by atoms with Gasteiger partial charge in [0.1, 0.15) is 0 Å². The van der Waals surface area contributed by atoms with Crippen molar-refractivity contribution in [3.8, 4) is 0 Å². The van der Waals surface area contributed by atoms with Gasteiger partial charge in [0.15, 0.2) is 0 Å². The van der Waals surface area contributed by atoms with Crippen LogP contribution in [0.25, 0.3) is 0 Å². The van der Waals surface area contributed by atoms with Crippen LogP contribution in [0.5, 0.6) is 0 Å². The van der Waals surface area contributed by atoms with Gasteiger partial charge in [-0.05, 0) is 59.5 Å². The number of nitrogens with zero attached hydrogens (tertiary/aromatic N) is 3. The molecule has 1 fully saturated rings. The number of rotatable bonds is 8. The van der Waals surface area contributed by atoms with Gasteiger partial charge in [-0.3, -0.25) is 9.69 Å². The molecule has 0 atom stereocenters. The minimum absolute atomic E-state index is 0.119. The van der Waals surface area contributed by atoms with E-state index in [-0.39, 0.29) is 5.91 Å². The van der Waals surface area contributed by atoms with E-state index < -0.39 is 0 Å². The number of benzene rings is 4. The van der Waals surface area contributed by atoms with E-state index in [0.29, 0.717) is 24.0 Å². The van der Waals surface area contributed by atoms with Gasteiger partial charge < -0.3 is 9.80 Å². The molecular weight excluding hydrogens is 502 g/mol. The number of hydrogen-bond donors (Lipinski definition) is 0. The number of amides is 1. The van der Waals surface area contributed by atoms with Crippen LogP contribution >= 0.6 is 11.6 Å². The average molecular weight is 536 g/mol. The van der Waals surface area contributed by atoms with Crippen LogP contribution in [-0.4, -0.2) is 48.4 Å². The highest BCUT2D eigenvalue weighted by Crippen LogP contribution is 2.31. The molecule has 4 aromatic carbocycles. The Kier molecular flexibility index (Phi) is 7.67. The van der Waals surface area contributed by atoms with Crippen LogP contribution in [0.2, 0.25) is 5.02 Å². The predicted octanol–water partition coefficient (Wildman–Crippen LogP) is 6.84. The van der Waals surface area contributed by atoms with E-state index in [0.717, 1.165) is 61.5 Å². The second-order valence-corrected chi connectivity index (χ2v) is 11.1. The van der Waals surface area contributed by atoms with Gasteiger partial charge in [-0.25, -0.2) is 0 Å². The SMILES string of the molecule is O=C1c2cc(N3CCN(CCC(c4ccccc4)c4ccccc4)CC3)ccc2CN1Cc1ccc(Cl)cc1. The Morgan fingerprint density at radius 3 is 2.03 bits per heavy atom. The molecule has 5 heteroatoms. The fraction of sp³-hybridized carbons (Fsp3) is 0.265. The van der Waals surface area contributed by atoms with Gasteiger partial charge >= 0.3 is 0 Å². The summed E-state index contributed by atoms with van der Waals surface area (Å²) in [5.74, 6) is 0.525. The van der Waals surface area contributed by atoms with Gasteiger partial charge in [0.05, 0.1) is 0 Å². The van der Waals surface area contributed by atoms with Crippen molar-refractivity contribution in [1.29, 1.82) is 0 Å². The molecule has 0 bridgehead atoms. The van der Waals surface area contributed by atoms with E-state index in [4.69, 9.17) is 11.6 Å². The van der Waals surface area contributed by atoms with Crippen LogP contribution in [0, 0.1) is 0 Å².